The van der Waals surface area contributed by atoms with Crippen molar-refractivity contribution in [3.8, 4) is 17.0 Å². The van der Waals surface area contributed by atoms with E-state index in [2.05, 4.69) is 27.2 Å². The van der Waals surface area contributed by atoms with Crippen molar-refractivity contribution in [2.24, 2.45) is 0 Å². The molecule has 10 heteroatoms. The van der Waals surface area contributed by atoms with Crippen LogP contribution in [-0.2, 0) is 11.5 Å². The van der Waals surface area contributed by atoms with E-state index in [1.165, 1.54) is 30.6 Å². The highest BCUT2D eigenvalue weighted by atomic mass is 19.1. The van der Waals surface area contributed by atoms with Gasteiger partial charge in [0.1, 0.15) is 31.1 Å². The Hall–Kier alpha value is -4.34. The quantitative estimate of drug-likeness (QED) is 0.288. The summed E-state index contributed by atoms with van der Waals surface area (Å²) < 4.78 is 34.0. The highest BCUT2D eigenvalue weighted by Crippen LogP contribution is 2.40. The van der Waals surface area contributed by atoms with Crippen molar-refractivity contribution in [2.75, 3.05) is 24.2 Å². The SMILES string of the molecule is C=CC(=O)NCCOc1c(N)ncnc1-c1cc(CF)cc(NC(=O)c2ccc(C3CC3)cc2F)c1. The highest BCUT2D eigenvalue weighted by molar-refractivity contribution is 6.04. The van der Waals surface area contributed by atoms with Crippen molar-refractivity contribution < 1.29 is 23.1 Å². The fourth-order valence-electron chi connectivity index (χ4n) is 3.70. The molecule has 0 aliphatic heterocycles. The molecule has 0 spiro atoms. The number of hydrogen-bond donors (Lipinski definition) is 3. The van der Waals surface area contributed by atoms with Crippen LogP contribution >= 0.6 is 0 Å². The lowest BCUT2D eigenvalue weighted by Crippen LogP contribution is -2.26. The van der Waals surface area contributed by atoms with Crippen molar-refractivity contribution in [1.82, 2.24) is 15.3 Å². The minimum atomic E-state index is -0.814. The van der Waals surface area contributed by atoms with Gasteiger partial charge < -0.3 is 21.1 Å². The van der Waals surface area contributed by atoms with Crippen LogP contribution in [0.1, 0.15) is 40.2 Å². The summed E-state index contributed by atoms with van der Waals surface area (Å²) in [6.45, 7) is 2.80. The minimum absolute atomic E-state index is 0.0455. The number of ether oxygens (including phenoxy) is 1. The second-order valence-corrected chi connectivity index (χ2v) is 8.30. The van der Waals surface area contributed by atoms with Crippen LogP contribution < -0.4 is 21.1 Å². The van der Waals surface area contributed by atoms with Gasteiger partial charge in [-0.25, -0.2) is 18.7 Å². The van der Waals surface area contributed by atoms with E-state index in [4.69, 9.17) is 10.5 Å². The van der Waals surface area contributed by atoms with Crippen molar-refractivity contribution in [1.29, 1.82) is 0 Å². The third kappa shape index (κ3) is 5.83. The first kappa shape index (κ1) is 24.8. The van der Waals surface area contributed by atoms with Gasteiger partial charge in [0.25, 0.3) is 5.91 Å². The normalized spacial score (nSPS) is 12.6. The fraction of sp³-hybridized carbons (Fsp3) is 0.231. The van der Waals surface area contributed by atoms with Gasteiger partial charge in [-0.05, 0) is 66.3 Å². The van der Waals surface area contributed by atoms with Gasteiger partial charge in [0, 0.05) is 11.3 Å². The molecule has 1 saturated carbocycles. The second kappa shape index (κ2) is 10.9. The van der Waals surface area contributed by atoms with Crippen molar-refractivity contribution in [3.63, 3.8) is 0 Å². The van der Waals surface area contributed by atoms with Crippen molar-refractivity contribution in [3.05, 3.63) is 77.9 Å². The van der Waals surface area contributed by atoms with E-state index in [1.807, 2.05) is 0 Å². The molecule has 1 aliphatic carbocycles. The maximum Gasteiger partial charge on any atom is 0.258 e. The lowest BCUT2D eigenvalue weighted by Gasteiger charge is -2.15. The average molecular weight is 494 g/mol. The number of carbonyl (C=O) groups is 2. The Kier molecular flexibility index (Phi) is 7.53. The van der Waals surface area contributed by atoms with Crippen LogP contribution in [0.4, 0.5) is 20.3 Å². The lowest BCUT2D eigenvalue weighted by atomic mass is 10.0. The van der Waals surface area contributed by atoms with Crippen LogP contribution in [0, 0.1) is 5.82 Å². The summed E-state index contributed by atoms with van der Waals surface area (Å²) in [6, 6.07) is 9.15. The molecule has 2 amide bonds. The summed E-state index contributed by atoms with van der Waals surface area (Å²) >= 11 is 0. The van der Waals surface area contributed by atoms with Crippen molar-refractivity contribution in [2.45, 2.75) is 25.4 Å². The molecule has 0 atom stereocenters. The third-order valence-electron chi connectivity index (χ3n) is 5.63. The number of rotatable bonds is 10. The zero-order valence-corrected chi connectivity index (χ0v) is 19.4. The lowest BCUT2D eigenvalue weighted by molar-refractivity contribution is -0.116. The monoisotopic (exact) mass is 493 g/mol. The number of benzene rings is 2. The van der Waals surface area contributed by atoms with E-state index in [1.54, 1.807) is 12.1 Å². The molecule has 1 fully saturated rings. The highest BCUT2D eigenvalue weighted by Gasteiger charge is 2.25. The largest absolute Gasteiger partial charge is 0.486 e. The summed E-state index contributed by atoms with van der Waals surface area (Å²) in [5, 5.41) is 5.21. The Morgan fingerprint density at radius 2 is 2.00 bits per heavy atom. The molecular weight excluding hydrogens is 468 g/mol. The molecule has 2 aromatic carbocycles. The molecule has 3 aromatic rings. The molecule has 0 bridgehead atoms. The van der Waals surface area contributed by atoms with Gasteiger partial charge in [-0.15, -0.1) is 0 Å². The van der Waals surface area contributed by atoms with Gasteiger partial charge in [0.15, 0.2) is 11.6 Å². The molecule has 186 valence electrons. The van der Waals surface area contributed by atoms with Gasteiger partial charge in [-0.3, -0.25) is 9.59 Å². The molecule has 1 heterocycles. The number of nitrogens with two attached hydrogens (primary N) is 1. The summed E-state index contributed by atoms with van der Waals surface area (Å²) in [7, 11) is 0. The maximum absolute atomic E-state index is 14.6. The molecule has 4 N–H and O–H groups in total. The van der Waals surface area contributed by atoms with Crippen LogP contribution in [0.3, 0.4) is 0 Å². The number of halogens is 2. The Balaban J connectivity index is 1.57. The first-order valence-electron chi connectivity index (χ1n) is 11.3. The number of nitrogens with one attached hydrogen (secondary N) is 2. The van der Waals surface area contributed by atoms with E-state index in [9.17, 15) is 18.4 Å². The average Bonchev–Trinajstić information content (AvgIpc) is 3.72. The summed E-state index contributed by atoms with van der Waals surface area (Å²) in [6.07, 6.45) is 4.41. The van der Waals surface area contributed by atoms with Crippen molar-refractivity contribution >= 4 is 23.3 Å². The molecule has 36 heavy (non-hydrogen) atoms. The predicted molar refractivity (Wildman–Crippen MR) is 132 cm³/mol. The Bertz CT molecular complexity index is 1310. The van der Waals surface area contributed by atoms with Gasteiger partial charge in [-0.2, -0.15) is 0 Å². The number of nitrogens with zero attached hydrogens (tertiary/aromatic N) is 2. The molecule has 1 aliphatic rings. The molecular formula is C26H25F2N5O3. The molecule has 1 aromatic heterocycles. The first-order valence-corrected chi connectivity index (χ1v) is 11.3. The van der Waals surface area contributed by atoms with E-state index in [0.717, 1.165) is 24.5 Å². The number of nitrogen functional groups attached to an aromatic ring is 1. The van der Waals surface area contributed by atoms with E-state index < -0.39 is 18.4 Å². The molecule has 4 rings (SSSR count). The van der Waals surface area contributed by atoms with Gasteiger partial charge in [0.05, 0.1) is 12.1 Å². The van der Waals surface area contributed by atoms with E-state index in [-0.39, 0.29) is 53.1 Å². The zero-order chi connectivity index (χ0) is 25.7. The van der Waals surface area contributed by atoms with Gasteiger partial charge in [0.2, 0.25) is 5.91 Å². The Labute approximate surface area is 206 Å². The third-order valence-corrected chi connectivity index (χ3v) is 5.63. The standard InChI is InChI=1S/C26H25F2N5O3/c1-2-22(34)30-7-8-36-24-23(31-14-32-25(24)29)18-9-15(13-27)10-19(11-18)33-26(35)20-6-5-17(12-21(20)28)16-3-4-16/h2,5-6,9-12,14,16H,1,3-4,7-8,13H2,(H,30,34)(H,33,35)(H2,29,31,32). The number of carbonyl (C=O) groups excluding carboxylic acids is 2. The number of hydrogen-bond acceptors (Lipinski definition) is 6. The Morgan fingerprint density at radius 3 is 2.69 bits per heavy atom. The number of amides is 2. The summed E-state index contributed by atoms with van der Waals surface area (Å²) in [4.78, 5) is 32.3. The minimum Gasteiger partial charge on any atom is -0.486 e. The second-order valence-electron chi connectivity index (χ2n) is 8.30. The zero-order valence-electron chi connectivity index (χ0n) is 19.4. The molecule has 8 nitrogen and oxygen atoms in total. The predicted octanol–water partition coefficient (Wildman–Crippen LogP) is 4.15. The number of alkyl halides is 1. The molecule has 0 radical (unpaired) electrons. The van der Waals surface area contributed by atoms with Crippen LogP contribution in [-0.4, -0.2) is 34.9 Å². The van der Waals surface area contributed by atoms with E-state index >= 15 is 0 Å². The number of anilines is 2. The van der Waals surface area contributed by atoms with Crippen LogP contribution in [0.25, 0.3) is 11.3 Å². The topological polar surface area (TPSA) is 119 Å². The van der Waals surface area contributed by atoms with Gasteiger partial charge in [-0.1, -0.05) is 12.6 Å². The smallest absolute Gasteiger partial charge is 0.258 e. The fourth-order valence-corrected chi connectivity index (χ4v) is 3.70. The van der Waals surface area contributed by atoms with Gasteiger partial charge >= 0.3 is 0 Å². The summed E-state index contributed by atoms with van der Waals surface area (Å²) in [5.41, 5.74) is 7.93. The maximum atomic E-state index is 14.6. The first-order chi connectivity index (χ1) is 17.4. The van der Waals surface area contributed by atoms with Crippen LogP contribution in [0.5, 0.6) is 5.75 Å². The van der Waals surface area contributed by atoms with Crippen LogP contribution in [0.15, 0.2) is 55.4 Å². The van der Waals surface area contributed by atoms with Crippen LogP contribution in [0.2, 0.25) is 0 Å². The molecule has 0 unspecified atom stereocenters. The Morgan fingerprint density at radius 1 is 1.19 bits per heavy atom. The number of aromatic nitrogens is 2. The molecule has 0 saturated heterocycles. The summed E-state index contributed by atoms with van der Waals surface area (Å²) in [5.74, 6) is -1.08. The van der Waals surface area contributed by atoms with E-state index in [0.29, 0.717) is 11.5 Å².